The van der Waals surface area contributed by atoms with Crippen molar-refractivity contribution >= 4 is 21.7 Å². The summed E-state index contributed by atoms with van der Waals surface area (Å²) < 4.78 is 31.7. The van der Waals surface area contributed by atoms with Gasteiger partial charge in [-0.05, 0) is 29.3 Å². The average Bonchev–Trinajstić information content (AvgIpc) is 2.77. The van der Waals surface area contributed by atoms with Crippen molar-refractivity contribution in [3.05, 3.63) is 108 Å². The van der Waals surface area contributed by atoms with E-state index in [0.29, 0.717) is 0 Å². The SMILES string of the molecule is N#C/C(=C/NC(c1ccccc1)c1ccccc1)C(=O)Nc1cccc(S(=O)(=O)O)c1. The Bertz CT molecular complexity index is 1200. The minimum atomic E-state index is -4.41. The van der Waals surface area contributed by atoms with Crippen LogP contribution in [0.25, 0.3) is 0 Å². The fraction of sp³-hybridized carbons (Fsp3) is 0.0435. The van der Waals surface area contributed by atoms with Gasteiger partial charge < -0.3 is 10.6 Å². The number of carbonyl (C=O) groups excluding carboxylic acids is 1. The van der Waals surface area contributed by atoms with Crippen LogP contribution in [0.15, 0.2) is 102 Å². The third kappa shape index (κ3) is 5.79. The first-order valence-electron chi connectivity index (χ1n) is 9.23. The highest BCUT2D eigenvalue weighted by molar-refractivity contribution is 7.85. The van der Waals surface area contributed by atoms with Crippen LogP contribution in [0.4, 0.5) is 5.69 Å². The molecule has 0 spiro atoms. The van der Waals surface area contributed by atoms with Gasteiger partial charge in [0.15, 0.2) is 0 Å². The van der Waals surface area contributed by atoms with Crippen LogP contribution in [0, 0.1) is 11.3 Å². The molecule has 0 aliphatic rings. The molecule has 1 amide bonds. The Labute approximate surface area is 180 Å². The van der Waals surface area contributed by atoms with E-state index >= 15 is 0 Å². The smallest absolute Gasteiger partial charge is 0.294 e. The molecule has 156 valence electrons. The van der Waals surface area contributed by atoms with Gasteiger partial charge in [0.05, 0.1) is 10.9 Å². The molecule has 0 saturated heterocycles. The van der Waals surface area contributed by atoms with Crippen molar-refractivity contribution in [3.63, 3.8) is 0 Å². The van der Waals surface area contributed by atoms with Gasteiger partial charge in [-0.1, -0.05) is 66.7 Å². The van der Waals surface area contributed by atoms with Crippen LogP contribution in [0.1, 0.15) is 17.2 Å². The largest absolute Gasteiger partial charge is 0.379 e. The van der Waals surface area contributed by atoms with Crippen molar-refractivity contribution < 1.29 is 17.8 Å². The molecule has 0 bridgehead atoms. The van der Waals surface area contributed by atoms with Gasteiger partial charge in [-0.2, -0.15) is 13.7 Å². The molecule has 8 heteroatoms. The molecule has 7 nitrogen and oxygen atoms in total. The topological polar surface area (TPSA) is 119 Å². The van der Waals surface area contributed by atoms with Gasteiger partial charge in [-0.15, -0.1) is 0 Å². The Morgan fingerprint density at radius 2 is 1.52 bits per heavy atom. The Hall–Kier alpha value is -3.93. The minimum Gasteiger partial charge on any atom is -0.379 e. The number of amides is 1. The molecule has 0 fully saturated rings. The monoisotopic (exact) mass is 433 g/mol. The van der Waals surface area contributed by atoms with E-state index in [1.54, 1.807) is 0 Å². The maximum Gasteiger partial charge on any atom is 0.294 e. The number of nitriles is 1. The molecule has 0 radical (unpaired) electrons. The quantitative estimate of drug-likeness (QED) is 0.297. The lowest BCUT2D eigenvalue weighted by Crippen LogP contribution is -2.21. The highest BCUT2D eigenvalue weighted by Crippen LogP contribution is 2.22. The summed E-state index contributed by atoms with van der Waals surface area (Å²) in [6, 6.07) is 25.8. The van der Waals surface area contributed by atoms with Crippen LogP contribution in [-0.2, 0) is 14.9 Å². The van der Waals surface area contributed by atoms with E-state index in [2.05, 4.69) is 10.6 Å². The summed E-state index contributed by atoms with van der Waals surface area (Å²) in [5.74, 6) is -0.720. The second kappa shape index (κ2) is 9.71. The summed E-state index contributed by atoms with van der Waals surface area (Å²) in [6.45, 7) is 0. The van der Waals surface area contributed by atoms with Crippen molar-refractivity contribution in [2.45, 2.75) is 10.9 Å². The van der Waals surface area contributed by atoms with Crippen LogP contribution >= 0.6 is 0 Å². The number of benzene rings is 3. The molecule has 0 atom stereocenters. The molecule has 3 aromatic rings. The first-order valence-corrected chi connectivity index (χ1v) is 10.7. The molecule has 3 N–H and O–H groups in total. The molecule has 0 heterocycles. The van der Waals surface area contributed by atoms with Crippen molar-refractivity contribution in [2.75, 3.05) is 5.32 Å². The van der Waals surface area contributed by atoms with E-state index in [0.717, 1.165) is 17.2 Å². The number of anilines is 1. The number of rotatable bonds is 7. The lowest BCUT2D eigenvalue weighted by molar-refractivity contribution is -0.112. The van der Waals surface area contributed by atoms with E-state index in [-0.39, 0.29) is 22.2 Å². The van der Waals surface area contributed by atoms with Crippen molar-refractivity contribution in [3.8, 4) is 6.07 Å². The molecule has 31 heavy (non-hydrogen) atoms. The number of carbonyl (C=O) groups is 1. The maximum absolute atomic E-state index is 12.5. The lowest BCUT2D eigenvalue weighted by atomic mass is 9.99. The van der Waals surface area contributed by atoms with Crippen molar-refractivity contribution in [1.82, 2.24) is 5.32 Å². The maximum atomic E-state index is 12.5. The third-order valence-electron chi connectivity index (χ3n) is 4.41. The summed E-state index contributed by atoms with van der Waals surface area (Å²) >= 11 is 0. The Balaban J connectivity index is 1.83. The zero-order chi connectivity index (χ0) is 22.3. The minimum absolute atomic E-state index is 0.129. The fourth-order valence-corrected chi connectivity index (χ4v) is 3.45. The summed E-state index contributed by atoms with van der Waals surface area (Å²) in [5.41, 5.74) is 1.82. The third-order valence-corrected chi connectivity index (χ3v) is 5.26. The van der Waals surface area contributed by atoms with E-state index in [4.69, 9.17) is 4.55 Å². The second-order valence-corrected chi connectivity index (χ2v) is 7.97. The molecule has 0 unspecified atom stereocenters. The van der Waals surface area contributed by atoms with Gasteiger partial charge >= 0.3 is 0 Å². The van der Waals surface area contributed by atoms with Gasteiger partial charge in [-0.25, -0.2) is 0 Å². The summed E-state index contributed by atoms with van der Waals surface area (Å²) in [6.07, 6.45) is 1.33. The van der Waals surface area contributed by atoms with Crippen LogP contribution in [0.2, 0.25) is 0 Å². The summed E-state index contributed by atoms with van der Waals surface area (Å²) in [7, 11) is -4.41. The molecule has 0 aromatic heterocycles. The zero-order valence-electron chi connectivity index (χ0n) is 16.3. The number of hydrogen-bond donors (Lipinski definition) is 3. The molecule has 0 aliphatic carbocycles. The van der Waals surface area contributed by atoms with E-state index in [1.165, 1.54) is 24.4 Å². The van der Waals surface area contributed by atoms with Crippen LogP contribution in [0.3, 0.4) is 0 Å². The van der Waals surface area contributed by atoms with E-state index < -0.39 is 16.0 Å². The molecule has 0 aliphatic heterocycles. The van der Waals surface area contributed by atoms with E-state index in [9.17, 15) is 18.5 Å². The molecule has 3 rings (SSSR count). The normalized spacial score (nSPS) is 11.6. The molecule has 3 aromatic carbocycles. The predicted molar refractivity (Wildman–Crippen MR) is 116 cm³/mol. The molecule has 0 saturated carbocycles. The van der Waals surface area contributed by atoms with Crippen molar-refractivity contribution in [1.29, 1.82) is 5.26 Å². The lowest BCUT2D eigenvalue weighted by Gasteiger charge is -2.19. The first-order chi connectivity index (χ1) is 14.9. The highest BCUT2D eigenvalue weighted by Gasteiger charge is 2.16. The van der Waals surface area contributed by atoms with Crippen LogP contribution in [-0.4, -0.2) is 18.9 Å². The van der Waals surface area contributed by atoms with E-state index in [1.807, 2.05) is 66.7 Å². The second-order valence-electron chi connectivity index (χ2n) is 6.55. The Morgan fingerprint density at radius 3 is 2.03 bits per heavy atom. The molecular weight excluding hydrogens is 414 g/mol. The van der Waals surface area contributed by atoms with Gasteiger partial charge in [0.2, 0.25) is 0 Å². The zero-order valence-corrected chi connectivity index (χ0v) is 17.1. The van der Waals surface area contributed by atoms with Gasteiger partial charge in [0.25, 0.3) is 16.0 Å². The van der Waals surface area contributed by atoms with Gasteiger partial charge in [0.1, 0.15) is 11.6 Å². The first kappa shape index (κ1) is 21.8. The van der Waals surface area contributed by atoms with Crippen LogP contribution < -0.4 is 10.6 Å². The Kier molecular flexibility index (Phi) is 6.82. The van der Waals surface area contributed by atoms with Gasteiger partial charge in [-0.3, -0.25) is 9.35 Å². The fourth-order valence-electron chi connectivity index (χ4n) is 2.92. The Morgan fingerprint density at radius 1 is 0.935 bits per heavy atom. The number of hydrogen-bond acceptors (Lipinski definition) is 5. The number of nitrogens with zero attached hydrogens (tertiary/aromatic N) is 1. The van der Waals surface area contributed by atoms with Crippen LogP contribution in [0.5, 0.6) is 0 Å². The summed E-state index contributed by atoms with van der Waals surface area (Å²) in [5, 5.41) is 15.0. The highest BCUT2D eigenvalue weighted by atomic mass is 32.2. The summed E-state index contributed by atoms with van der Waals surface area (Å²) in [4.78, 5) is 12.2. The standard InChI is InChI=1S/C23H19N3O4S/c24-15-19(23(27)26-20-12-7-13-21(14-20)31(28,29)30)16-25-22(17-8-3-1-4-9-17)18-10-5-2-6-11-18/h1-14,16,22,25H,(H,26,27)(H,28,29,30)/b19-16-. The average molecular weight is 433 g/mol. The van der Waals surface area contributed by atoms with Crippen molar-refractivity contribution in [2.24, 2.45) is 0 Å². The van der Waals surface area contributed by atoms with Gasteiger partial charge in [0, 0.05) is 11.9 Å². The number of nitrogens with one attached hydrogen (secondary N) is 2. The molecular formula is C23H19N3O4S. The predicted octanol–water partition coefficient (Wildman–Crippen LogP) is 3.66.